The fourth-order valence-electron chi connectivity index (χ4n) is 2.70. The lowest BCUT2D eigenvalue weighted by molar-refractivity contribution is -0.0959. The Morgan fingerprint density at radius 3 is 1.86 bits per heavy atom. The molecular weight excluding hydrogens is 372 g/mol. The largest absolute Gasteiger partial charge is 0.394 e. The van der Waals surface area contributed by atoms with Gasteiger partial charge in [-0.25, -0.2) is 0 Å². The second kappa shape index (κ2) is 12.7. The third-order valence-corrected chi connectivity index (χ3v) is 4.48. The van der Waals surface area contributed by atoms with Gasteiger partial charge < -0.3 is 28.8 Å². The van der Waals surface area contributed by atoms with Crippen LogP contribution in [0.4, 0.5) is 0 Å². The van der Waals surface area contributed by atoms with Crippen LogP contribution < -0.4 is 0 Å². The Morgan fingerprint density at radius 1 is 0.793 bits per heavy atom. The molecule has 0 bridgehead atoms. The van der Waals surface area contributed by atoms with Crippen LogP contribution in [0.15, 0.2) is 60.7 Å². The molecule has 3 unspecified atom stereocenters. The molecule has 0 spiro atoms. The Kier molecular flexibility index (Phi) is 9.59. The molecule has 6 heteroatoms. The molecule has 3 atom stereocenters. The predicted octanol–water partition coefficient (Wildman–Crippen LogP) is 2.58. The van der Waals surface area contributed by atoms with Crippen molar-refractivity contribution in [2.45, 2.75) is 31.5 Å². The SMILES string of the molecule is OCC(COCC(COCC1CO1)OCc1ccccc1)OCc1ccccc1. The van der Waals surface area contributed by atoms with E-state index in [1.807, 2.05) is 60.7 Å². The van der Waals surface area contributed by atoms with Gasteiger partial charge in [-0.3, -0.25) is 0 Å². The van der Waals surface area contributed by atoms with Crippen molar-refractivity contribution in [1.82, 2.24) is 0 Å². The number of aliphatic hydroxyl groups is 1. The van der Waals surface area contributed by atoms with Gasteiger partial charge in [0.15, 0.2) is 0 Å². The molecule has 3 rings (SSSR count). The molecule has 0 radical (unpaired) electrons. The van der Waals surface area contributed by atoms with Crippen LogP contribution in [0.1, 0.15) is 11.1 Å². The standard InChI is InChI=1S/C23H30O6/c24-11-21(27-12-19-7-3-1-4-8-19)14-25-15-22(16-26-17-23-18-29-23)28-13-20-9-5-2-6-10-20/h1-10,21-24H,11-18H2. The molecule has 0 aromatic heterocycles. The molecule has 0 amide bonds. The van der Waals surface area contributed by atoms with E-state index >= 15 is 0 Å². The minimum Gasteiger partial charge on any atom is -0.394 e. The predicted molar refractivity (Wildman–Crippen MR) is 109 cm³/mol. The number of benzene rings is 2. The van der Waals surface area contributed by atoms with Gasteiger partial charge in [-0.1, -0.05) is 60.7 Å². The third kappa shape index (κ3) is 9.04. The van der Waals surface area contributed by atoms with Gasteiger partial charge in [0.25, 0.3) is 0 Å². The minimum absolute atomic E-state index is 0.0993. The summed E-state index contributed by atoms with van der Waals surface area (Å²) in [5, 5.41) is 9.56. The smallest absolute Gasteiger partial charge is 0.105 e. The molecule has 6 nitrogen and oxygen atoms in total. The number of rotatable bonds is 15. The van der Waals surface area contributed by atoms with Crippen molar-refractivity contribution in [3.05, 3.63) is 71.8 Å². The molecule has 29 heavy (non-hydrogen) atoms. The first-order valence-corrected chi connectivity index (χ1v) is 10.0. The zero-order valence-electron chi connectivity index (χ0n) is 16.7. The van der Waals surface area contributed by atoms with Gasteiger partial charge in [0.2, 0.25) is 0 Å². The Labute approximate surface area is 172 Å². The number of ether oxygens (including phenoxy) is 5. The van der Waals surface area contributed by atoms with Gasteiger partial charge in [-0.2, -0.15) is 0 Å². The molecule has 2 aromatic rings. The van der Waals surface area contributed by atoms with Crippen molar-refractivity contribution in [2.24, 2.45) is 0 Å². The monoisotopic (exact) mass is 402 g/mol. The summed E-state index contributed by atoms with van der Waals surface area (Å²) < 4.78 is 28.4. The van der Waals surface area contributed by atoms with Crippen molar-refractivity contribution in [3.63, 3.8) is 0 Å². The number of hydrogen-bond donors (Lipinski definition) is 1. The van der Waals surface area contributed by atoms with Crippen molar-refractivity contribution in [3.8, 4) is 0 Å². The molecule has 1 aliphatic heterocycles. The van der Waals surface area contributed by atoms with Crippen LogP contribution in [0.2, 0.25) is 0 Å². The van der Waals surface area contributed by atoms with E-state index in [1.165, 1.54) is 0 Å². The summed E-state index contributed by atoms with van der Waals surface area (Å²) in [5.74, 6) is 0. The van der Waals surface area contributed by atoms with E-state index in [0.29, 0.717) is 39.6 Å². The highest BCUT2D eigenvalue weighted by Gasteiger charge is 2.23. The molecule has 1 heterocycles. The first-order chi connectivity index (χ1) is 14.3. The molecule has 1 fully saturated rings. The lowest BCUT2D eigenvalue weighted by Gasteiger charge is -2.21. The maximum absolute atomic E-state index is 9.56. The Hall–Kier alpha value is -1.80. The van der Waals surface area contributed by atoms with Crippen LogP contribution in [0.25, 0.3) is 0 Å². The normalized spacial score (nSPS) is 17.8. The number of epoxide rings is 1. The van der Waals surface area contributed by atoms with E-state index in [9.17, 15) is 5.11 Å². The zero-order valence-corrected chi connectivity index (χ0v) is 16.7. The molecule has 1 N–H and O–H groups in total. The van der Waals surface area contributed by atoms with Crippen LogP contribution in [-0.4, -0.2) is 63.1 Å². The Morgan fingerprint density at radius 2 is 1.31 bits per heavy atom. The maximum Gasteiger partial charge on any atom is 0.105 e. The van der Waals surface area contributed by atoms with Crippen molar-refractivity contribution >= 4 is 0 Å². The Balaban J connectivity index is 1.38. The first kappa shape index (κ1) is 21.9. The highest BCUT2D eigenvalue weighted by atomic mass is 16.6. The van der Waals surface area contributed by atoms with Gasteiger partial charge in [0.1, 0.15) is 18.3 Å². The van der Waals surface area contributed by atoms with E-state index in [2.05, 4.69) is 0 Å². The lowest BCUT2D eigenvalue weighted by atomic mass is 10.2. The van der Waals surface area contributed by atoms with Crippen LogP contribution in [0.5, 0.6) is 0 Å². The first-order valence-electron chi connectivity index (χ1n) is 10.0. The summed E-state index contributed by atoms with van der Waals surface area (Å²) >= 11 is 0. The molecule has 1 aliphatic rings. The molecular formula is C23H30O6. The van der Waals surface area contributed by atoms with E-state index in [1.54, 1.807) is 0 Å². The van der Waals surface area contributed by atoms with Crippen molar-refractivity contribution < 1.29 is 28.8 Å². The van der Waals surface area contributed by atoms with Gasteiger partial charge in [-0.05, 0) is 11.1 Å². The maximum atomic E-state index is 9.56. The summed E-state index contributed by atoms with van der Waals surface area (Å²) in [7, 11) is 0. The second-order valence-electron chi connectivity index (χ2n) is 7.05. The van der Waals surface area contributed by atoms with E-state index < -0.39 is 0 Å². The molecule has 0 saturated carbocycles. The average Bonchev–Trinajstić information content (AvgIpc) is 3.60. The molecule has 158 valence electrons. The van der Waals surface area contributed by atoms with Gasteiger partial charge >= 0.3 is 0 Å². The average molecular weight is 402 g/mol. The molecule has 1 saturated heterocycles. The van der Waals surface area contributed by atoms with Gasteiger partial charge in [0.05, 0.1) is 52.9 Å². The van der Waals surface area contributed by atoms with Gasteiger partial charge in [-0.15, -0.1) is 0 Å². The third-order valence-electron chi connectivity index (χ3n) is 4.48. The summed E-state index contributed by atoms with van der Waals surface area (Å²) in [4.78, 5) is 0. The van der Waals surface area contributed by atoms with E-state index in [0.717, 1.165) is 17.7 Å². The fraction of sp³-hybridized carbons (Fsp3) is 0.478. The Bertz CT molecular complexity index is 662. The van der Waals surface area contributed by atoms with Gasteiger partial charge in [0, 0.05) is 0 Å². The lowest BCUT2D eigenvalue weighted by Crippen LogP contribution is -2.30. The number of hydrogen-bond acceptors (Lipinski definition) is 6. The molecule has 0 aliphatic carbocycles. The van der Waals surface area contributed by atoms with Crippen molar-refractivity contribution in [2.75, 3.05) is 39.6 Å². The minimum atomic E-state index is -0.384. The zero-order chi connectivity index (χ0) is 20.2. The van der Waals surface area contributed by atoms with E-state index in [4.69, 9.17) is 23.7 Å². The fourth-order valence-corrected chi connectivity index (χ4v) is 2.70. The number of aliphatic hydroxyl groups excluding tert-OH is 1. The van der Waals surface area contributed by atoms with E-state index in [-0.39, 0.29) is 24.9 Å². The molecule has 2 aromatic carbocycles. The van der Waals surface area contributed by atoms with Crippen molar-refractivity contribution in [1.29, 1.82) is 0 Å². The summed E-state index contributed by atoms with van der Waals surface area (Å²) in [6, 6.07) is 19.9. The van der Waals surface area contributed by atoms with Crippen LogP contribution >= 0.6 is 0 Å². The summed E-state index contributed by atoms with van der Waals surface area (Å²) in [6.45, 7) is 3.26. The summed E-state index contributed by atoms with van der Waals surface area (Å²) in [6.07, 6.45) is -0.371. The highest BCUT2D eigenvalue weighted by Crippen LogP contribution is 2.10. The quantitative estimate of drug-likeness (QED) is 0.462. The topological polar surface area (TPSA) is 69.7 Å². The second-order valence-corrected chi connectivity index (χ2v) is 7.05. The van der Waals surface area contributed by atoms with Crippen LogP contribution in [-0.2, 0) is 36.9 Å². The summed E-state index contributed by atoms with van der Waals surface area (Å²) in [5.41, 5.74) is 2.16. The highest BCUT2D eigenvalue weighted by molar-refractivity contribution is 5.14. The van der Waals surface area contributed by atoms with Crippen LogP contribution in [0, 0.1) is 0 Å². The van der Waals surface area contributed by atoms with Crippen LogP contribution in [0.3, 0.4) is 0 Å².